The van der Waals surface area contributed by atoms with Crippen LogP contribution in [0.15, 0.2) is 53.5 Å². The monoisotopic (exact) mass is 365 g/mol. The lowest BCUT2D eigenvalue weighted by Gasteiger charge is -2.11. The molecule has 0 atom stereocenters. The van der Waals surface area contributed by atoms with Crippen molar-refractivity contribution in [2.24, 2.45) is 4.99 Å². The molecule has 0 saturated heterocycles. The summed E-state index contributed by atoms with van der Waals surface area (Å²) in [6.45, 7) is 7.11. The highest BCUT2D eigenvalue weighted by atomic mass is 32.1. The highest BCUT2D eigenvalue weighted by Gasteiger charge is 2.10. The fourth-order valence-corrected chi connectivity index (χ4v) is 3.06. The molecule has 3 aromatic rings. The third kappa shape index (κ3) is 4.29. The van der Waals surface area contributed by atoms with Crippen LogP contribution >= 0.6 is 11.5 Å². The van der Waals surface area contributed by atoms with Crippen LogP contribution in [0.25, 0.3) is 11.3 Å². The van der Waals surface area contributed by atoms with Crippen molar-refractivity contribution in [3.8, 4) is 22.1 Å². The zero-order valence-electron chi connectivity index (χ0n) is 15.6. The minimum atomic E-state index is 0.785. The summed E-state index contributed by atoms with van der Waals surface area (Å²) >= 11 is 1.37. The van der Waals surface area contributed by atoms with Gasteiger partial charge < -0.3 is 9.64 Å². The number of aliphatic imine (C=N–C) groups is 1. The van der Waals surface area contributed by atoms with Gasteiger partial charge in [0.25, 0.3) is 0 Å². The lowest BCUT2D eigenvalue weighted by atomic mass is 10.1. The Morgan fingerprint density at radius 3 is 2.62 bits per heavy atom. The largest absolute Gasteiger partial charge is 0.445 e. The summed E-state index contributed by atoms with van der Waals surface area (Å²) in [5.41, 5.74) is 5.13. The van der Waals surface area contributed by atoms with Crippen molar-refractivity contribution in [2.75, 3.05) is 13.6 Å². The first-order valence-electron chi connectivity index (χ1n) is 8.62. The molecule has 0 spiro atoms. The second-order valence-corrected chi connectivity index (χ2v) is 6.99. The lowest BCUT2D eigenvalue weighted by Crippen LogP contribution is -2.14. The van der Waals surface area contributed by atoms with Gasteiger partial charge in [-0.15, -0.1) is 0 Å². The normalized spacial score (nSPS) is 11.1. The van der Waals surface area contributed by atoms with Crippen molar-refractivity contribution in [3.05, 3.63) is 59.7 Å². The van der Waals surface area contributed by atoms with E-state index in [0.29, 0.717) is 0 Å². The van der Waals surface area contributed by atoms with Gasteiger partial charge in [-0.05, 0) is 44.0 Å². The zero-order chi connectivity index (χ0) is 18.5. The number of nitrogens with zero attached hydrogens (tertiary/aromatic N) is 3. The Labute approximate surface area is 159 Å². The Kier molecular flexibility index (Phi) is 5.68. The first-order valence-corrected chi connectivity index (χ1v) is 9.40. The Morgan fingerprint density at radius 1 is 1.12 bits per heavy atom. The molecule has 26 heavy (non-hydrogen) atoms. The minimum absolute atomic E-state index is 0.785. The van der Waals surface area contributed by atoms with Crippen LogP contribution in [0, 0.1) is 13.8 Å². The summed E-state index contributed by atoms with van der Waals surface area (Å²) in [6.07, 6.45) is 1.86. The Hall–Kier alpha value is -2.66. The predicted octanol–water partition coefficient (Wildman–Crippen LogP) is 5.83. The number of hydrogen-bond donors (Lipinski definition) is 0. The number of aromatic nitrogens is 1. The average Bonchev–Trinajstić information content (AvgIpc) is 3.12. The topological polar surface area (TPSA) is 37.7 Å². The molecule has 0 unspecified atom stereocenters. The van der Waals surface area contributed by atoms with E-state index in [9.17, 15) is 0 Å². The van der Waals surface area contributed by atoms with Gasteiger partial charge in [-0.2, -0.15) is 4.37 Å². The number of rotatable bonds is 6. The van der Waals surface area contributed by atoms with Crippen molar-refractivity contribution in [3.63, 3.8) is 0 Å². The predicted molar refractivity (Wildman–Crippen MR) is 110 cm³/mol. The summed E-state index contributed by atoms with van der Waals surface area (Å²) < 4.78 is 10.6. The van der Waals surface area contributed by atoms with Gasteiger partial charge in [0, 0.05) is 36.8 Å². The van der Waals surface area contributed by atoms with Crippen LogP contribution in [0.3, 0.4) is 0 Å². The molecule has 0 saturated carbocycles. The first-order chi connectivity index (χ1) is 12.6. The molecule has 1 heterocycles. The van der Waals surface area contributed by atoms with Gasteiger partial charge in [0.1, 0.15) is 5.75 Å². The summed E-state index contributed by atoms with van der Waals surface area (Å²) in [5, 5.41) is 0.785. The van der Waals surface area contributed by atoms with Gasteiger partial charge in [0.05, 0.1) is 17.7 Å². The highest BCUT2D eigenvalue weighted by molar-refractivity contribution is 7.08. The van der Waals surface area contributed by atoms with Gasteiger partial charge in [-0.1, -0.05) is 30.3 Å². The van der Waals surface area contributed by atoms with Crippen molar-refractivity contribution < 1.29 is 4.74 Å². The summed E-state index contributed by atoms with van der Waals surface area (Å²) in [7, 11) is 2.01. The van der Waals surface area contributed by atoms with Crippen molar-refractivity contribution in [2.45, 2.75) is 20.8 Å². The molecular formula is C21H23N3OS. The van der Waals surface area contributed by atoms with E-state index >= 15 is 0 Å². The van der Waals surface area contributed by atoms with E-state index in [2.05, 4.69) is 22.4 Å². The van der Waals surface area contributed by atoms with Crippen LogP contribution < -0.4 is 4.74 Å². The first kappa shape index (κ1) is 18.1. The highest BCUT2D eigenvalue weighted by Crippen LogP contribution is 2.35. The third-order valence-electron chi connectivity index (χ3n) is 4.15. The maximum absolute atomic E-state index is 6.09. The zero-order valence-corrected chi connectivity index (χ0v) is 16.4. The number of benzene rings is 2. The molecule has 0 aliphatic heterocycles. The standard InChI is InChI=1S/C21H23N3OS/c1-5-24(4)14-22-18-11-16(3)20(12-15(18)2)25-21-13-19(23-26-21)17-9-7-6-8-10-17/h6-14H,5H2,1-4H3/b22-14-. The number of hydrogen-bond acceptors (Lipinski definition) is 4. The fourth-order valence-electron chi connectivity index (χ4n) is 2.43. The van der Waals surface area contributed by atoms with Gasteiger partial charge in [-0.3, -0.25) is 0 Å². The summed E-state index contributed by atoms with van der Waals surface area (Å²) in [5.74, 6) is 0.841. The molecule has 0 N–H and O–H groups in total. The van der Waals surface area contributed by atoms with E-state index in [1.165, 1.54) is 11.5 Å². The minimum Gasteiger partial charge on any atom is -0.445 e. The Bertz CT molecular complexity index is 903. The van der Waals surface area contributed by atoms with Crippen molar-refractivity contribution in [1.82, 2.24) is 9.27 Å². The molecule has 0 aliphatic carbocycles. The molecule has 3 rings (SSSR count). The molecule has 1 aromatic heterocycles. The van der Waals surface area contributed by atoms with Gasteiger partial charge >= 0.3 is 0 Å². The lowest BCUT2D eigenvalue weighted by molar-refractivity contribution is 0.492. The van der Waals surface area contributed by atoms with Crippen LogP contribution in [-0.2, 0) is 0 Å². The molecule has 0 fully saturated rings. The van der Waals surface area contributed by atoms with E-state index < -0.39 is 0 Å². The second kappa shape index (κ2) is 8.15. The molecule has 134 valence electrons. The van der Waals surface area contributed by atoms with E-state index in [1.807, 2.05) is 74.6 Å². The van der Waals surface area contributed by atoms with Crippen molar-refractivity contribution in [1.29, 1.82) is 0 Å². The molecule has 5 heteroatoms. The van der Waals surface area contributed by atoms with Crippen LogP contribution in [0.5, 0.6) is 10.8 Å². The van der Waals surface area contributed by atoms with E-state index in [4.69, 9.17) is 4.74 Å². The Balaban J connectivity index is 1.79. The van der Waals surface area contributed by atoms with Crippen molar-refractivity contribution >= 4 is 23.6 Å². The molecule has 4 nitrogen and oxygen atoms in total. The fraction of sp³-hybridized carbons (Fsp3) is 0.238. The van der Waals surface area contributed by atoms with Crippen LogP contribution in [0.1, 0.15) is 18.1 Å². The number of aryl methyl sites for hydroxylation is 2. The average molecular weight is 366 g/mol. The quantitative estimate of drug-likeness (QED) is 0.407. The SMILES string of the molecule is CCN(C)/C=N\c1cc(C)c(Oc2cc(-c3ccccc3)ns2)cc1C. The smallest absolute Gasteiger partial charge is 0.200 e. The Morgan fingerprint density at radius 2 is 1.88 bits per heavy atom. The second-order valence-electron chi connectivity index (χ2n) is 6.22. The van der Waals surface area contributed by atoms with Crippen LogP contribution in [-0.4, -0.2) is 29.2 Å². The third-order valence-corrected chi connectivity index (χ3v) is 4.82. The molecule has 2 aromatic carbocycles. The summed E-state index contributed by atoms with van der Waals surface area (Å²) in [6, 6.07) is 16.2. The maximum atomic E-state index is 6.09. The molecule has 0 radical (unpaired) electrons. The van der Waals surface area contributed by atoms with E-state index in [1.54, 1.807) is 0 Å². The van der Waals surface area contributed by atoms with E-state index in [-0.39, 0.29) is 0 Å². The molecular weight excluding hydrogens is 342 g/mol. The van der Waals surface area contributed by atoms with Gasteiger partial charge in [0.15, 0.2) is 0 Å². The molecule has 0 aliphatic rings. The number of ether oxygens (including phenoxy) is 1. The van der Waals surface area contributed by atoms with Gasteiger partial charge in [0.2, 0.25) is 5.06 Å². The van der Waals surface area contributed by atoms with Crippen LogP contribution in [0.2, 0.25) is 0 Å². The van der Waals surface area contributed by atoms with Crippen LogP contribution in [0.4, 0.5) is 5.69 Å². The van der Waals surface area contributed by atoms with E-state index in [0.717, 1.165) is 45.4 Å². The maximum Gasteiger partial charge on any atom is 0.200 e. The molecule has 0 amide bonds. The van der Waals surface area contributed by atoms with Gasteiger partial charge in [-0.25, -0.2) is 4.99 Å². The summed E-state index contributed by atoms with van der Waals surface area (Å²) in [4.78, 5) is 6.61. The molecule has 0 bridgehead atoms.